The van der Waals surface area contributed by atoms with Gasteiger partial charge in [-0.1, -0.05) is 84.9 Å². The van der Waals surface area contributed by atoms with Gasteiger partial charge in [-0.3, -0.25) is 14.4 Å². The quantitative estimate of drug-likeness (QED) is 0.0344. The highest BCUT2D eigenvalue weighted by Gasteiger charge is 2.49. The summed E-state index contributed by atoms with van der Waals surface area (Å²) in [7, 11) is 6.61. The standard InChI is InChI=1S/C19H16N2O3.C18H15BrN2O3.C18H15BrN2O.C18H14N2O3.C10H11NO.C8H4BrNO2.C4H8O.C2H6O.CH2Cl2.5CH4.BBr3.B/c1-10-18(14-8-12(24-2)4-6-17(14)21-10)15-9-20-16-5-3-11(19(22)23)7-13(15)16;1-9-16(12-8-11(24-2)4-6-14(12)20-9)18(23)13-7-10(19)3-5-15(13)21-17(18)22;1-10-18(14-8-12(22-2)4-6-17(14)21-10)15-9-20-16-5-3-11(19)7-13(15)16;1-9-17(13-7-11(21)3-5-16(13)20-9)14-8-19-15-4-2-10(18(22)23)6-12(14)15;1-7-5-8-6-9(12-2)3-4-10(8)11-7;9-4-1-2-6-5(3-4)7(11)8(12)10-6;1-2-4-5-3-1;1-2-3;2-1-3;;;;;;2-1(3)4;/h3-9,20-21H,1-2H3,(H,22,23);3-8,20,23H,1-2H3,(H,21,22);3-9,20-21H,1-2H3;2-8,19-21H,1H3,(H,22,23);3-6,11H,1-2H3;1-3H,(H,10,11,12);1-4H2;3H,2H2,1H3;1H2;5*1H4;;. The van der Waals surface area contributed by atoms with Crippen molar-refractivity contribution in [2.24, 2.45) is 0 Å². The molecule has 3 aliphatic heterocycles. The van der Waals surface area contributed by atoms with Gasteiger partial charge in [0.05, 0.1) is 56.2 Å². The van der Waals surface area contributed by atoms with Crippen molar-refractivity contribution >= 4 is 258 Å². The number of aromatic amines is 8. The van der Waals surface area contributed by atoms with E-state index in [4.69, 9.17) is 52.0 Å². The highest BCUT2D eigenvalue weighted by atomic mass is 79.9. The van der Waals surface area contributed by atoms with Crippen molar-refractivity contribution < 1.29 is 73.2 Å². The van der Waals surface area contributed by atoms with Crippen molar-refractivity contribution in [3.63, 3.8) is 0 Å². The number of H-pyrrole nitrogens is 8. The molecule has 0 bridgehead atoms. The number of hydrogen-bond donors (Lipinski definition) is 15. The predicted octanol–water partition coefficient (Wildman–Crippen LogP) is 28.4. The minimum atomic E-state index is -1.76. The van der Waals surface area contributed by atoms with Gasteiger partial charge in [0.25, 0.3) is 17.6 Å². The van der Waals surface area contributed by atoms with Crippen LogP contribution < -0.4 is 29.6 Å². The van der Waals surface area contributed by atoms with Gasteiger partial charge in [0, 0.05) is 226 Å². The Morgan fingerprint density at radius 3 is 1.24 bits per heavy atom. The van der Waals surface area contributed by atoms with E-state index >= 15 is 0 Å². The average molecular weight is 2300 g/mol. The Morgan fingerprint density at radius 1 is 0.442 bits per heavy atom. The molecule has 8 aromatic heterocycles. The molecule has 21 rings (SSSR count). The first kappa shape index (κ1) is 115. The number of methoxy groups -OCH3 is 4. The van der Waals surface area contributed by atoms with Crippen LogP contribution in [-0.2, 0) is 19.9 Å². The number of ether oxygens (including phenoxy) is 5. The monoisotopic (exact) mass is 2290 g/mol. The van der Waals surface area contributed by atoms with Crippen LogP contribution >= 0.6 is 118 Å². The molecule has 3 radical (unpaired) electrons. The summed E-state index contributed by atoms with van der Waals surface area (Å²) in [4.78, 5) is 83.6. The van der Waals surface area contributed by atoms with Gasteiger partial charge in [-0.05, 0) is 242 Å². The number of aliphatic hydroxyl groups is 2. The Bertz CT molecular complexity index is 7270. The van der Waals surface area contributed by atoms with Gasteiger partial charge in [0.15, 0.2) is 5.60 Å². The highest BCUT2D eigenvalue weighted by molar-refractivity contribution is 9.69. The first-order valence-electron chi connectivity index (χ1n) is 40.9. The third kappa shape index (κ3) is 26.4. The van der Waals surface area contributed by atoms with E-state index in [0.29, 0.717) is 33.8 Å². The zero-order chi connectivity index (χ0) is 95.1. The molecule has 0 aliphatic carbocycles. The fraction of sp³-hybridized carbons (Fsp3) is 0.214. The third-order valence-electron chi connectivity index (χ3n) is 21.6. The lowest BCUT2D eigenvalue weighted by atomic mass is 9.85. The summed E-state index contributed by atoms with van der Waals surface area (Å²) < 4.78 is 29.0. The molecule has 138 heavy (non-hydrogen) atoms. The summed E-state index contributed by atoms with van der Waals surface area (Å²) in [5, 5.41) is 60.8. The molecule has 11 heterocycles. The number of carboxylic acids is 2. The highest BCUT2D eigenvalue weighted by Crippen LogP contribution is 2.48. The second-order valence-corrected chi connectivity index (χ2v) is 40.1. The molecule has 1 atom stereocenters. The van der Waals surface area contributed by atoms with Crippen molar-refractivity contribution in [1.29, 1.82) is 0 Å². The van der Waals surface area contributed by atoms with Crippen LogP contribution in [0.25, 0.3) is 121 Å². The number of aromatic nitrogens is 8. The lowest BCUT2D eigenvalue weighted by Gasteiger charge is -2.22. The number of aliphatic hydroxyl groups excluding tert-OH is 1. The van der Waals surface area contributed by atoms with Crippen LogP contribution in [0.2, 0.25) is 0 Å². The number of carbonyl (C=O) groups is 5. The number of nitrogens with one attached hydrogen (secondary N) is 10. The van der Waals surface area contributed by atoms with Crippen molar-refractivity contribution in [2.45, 2.75) is 97.1 Å². The number of fused-ring (bicyclic) bond motifs is 10. The second kappa shape index (κ2) is 52.0. The molecule has 10 aromatic carbocycles. The Kier molecular flexibility index (Phi) is 43.4. The van der Waals surface area contributed by atoms with Crippen LogP contribution in [0.15, 0.2) is 220 Å². The smallest absolute Gasteiger partial charge is 0.369 e. The Morgan fingerprint density at radius 2 is 0.804 bits per heavy atom. The molecular weight excluding hydrogens is 2190 g/mol. The van der Waals surface area contributed by atoms with Crippen LogP contribution in [-0.4, -0.2) is 160 Å². The van der Waals surface area contributed by atoms with Gasteiger partial charge in [0.1, 0.15) is 28.7 Å². The normalized spacial score (nSPS) is 12.5. The van der Waals surface area contributed by atoms with Crippen molar-refractivity contribution in [3.8, 4) is 62.1 Å². The van der Waals surface area contributed by atoms with Gasteiger partial charge in [-0.15, -0.1) is 70.5 Å². The predicted molar refractivity (Wildman–Crippen MR) is 591 cm³/mol. The van der Waals surface area contributed by atoms with Gasteiger partial charge in [-0.25, -0.2) is 9.59 Å². The molecule has 2 amide bonds. The molecular formula is C103H111B2Br6Cl2N10O15. The maximum absolute atomic E-state index is 12.7. The fourth-order valence-corrected chi connectivity index (χ4v) is 16.9. The van der Waals surface area contributed by atoms with Crippen LogP contribution in [0.5, 0.6) is 28.7 Å². The number of Topliss-reactive ketones (excluding diaryl/α,β-unsaturated/α-hetero) is 1. The zero-order valence-electron chi connectivity index (χ0n) is 73.4. The van der Waals surface area contributed by atoms with Crippen molar-refractivity contribution in [1.82, 2.24) is 39.9 Å². The van der Waals surface area contributed by atoms with Crippen LogP contribution in [0.3, 0.4) is 0 Å². The average Bonchev–Trinajstić information content (AvgIpc) is 1.56. The summed E-state index contributed by atoms with van der Waals surface area (Å²) in [6.07, 6.45) is 8.42. The zero-order valence-corrected chi connectivity index (χ0v) is 84.4. The summed E-state index contributed by atoms with van der Waals surface area (Å²) in [6.45, 7) is 13.9. The van der Waals surface area contributed by atoms with E-state index in [2.05, 4.69) is 189 Å². The molecule has 725 valence electrons. The number of ketones is 1. The summed E-state index contributed by atoms with van der Waals surface area (Å²) in [5.74, 6) is 0.0673. The van der Waals surface area contributed by atoms with E-state index in [1.165, 1.54) is 45.8 Å². The molecule has 1 saturated heterocycles. The van der Waals surface area contributed by atoms with Gasteiger partial charge in [0.2, 0.25) is 0 Å². The number of amides is 2. The molecule has 25 nitrogen and oxygen atoms in total. The van der Waals surface area contributed by atoms with Gasteiger partial charge in [-0.2, -0.15) is 0 Å². The lowest BCUT2D eigenvalue weighted by Crippen LogP contribution is -2.35. The number of carboxylic acid groups (broad SMARTS) is 2. The number of aromatic carboxylic acids is 2. The van der Waals surface area contributed by atoms with E-state index in [0.717, 1.165) is 160 Å². The van der Waals surface area contributed by atoms with E-state index in [-0.39, 0.29) is 77.6 Å². The minimum absolute atomic E-state index is 0. The first-order valence-corrected chi connectivity index (χ1v) is 47.1. The van der Waals surface area contributed by atoms with Crippen LogP contribution in [0, 0.1) is 34.6 Å². The number of anilines is 2. The van der Waals surface area contributed by atoms with E-state index in [1.807, 2.05) is 119 Å². The molecule has 18 aromatic rings. The molecule has 35 heteroatoms. The Balaban J connectivity index is 0.000000247. The summed E-state index contributed by atoms with van der Waals surface area (Å²) in [6, 6.07) is 57.8. The molecule has 1 unspecified atom stereocenters. The number of hydrogen-bond acceptors (Lipinski definition) is 13. The van der Waals surface area contributed by atoms with Crippen LogP contribution in [0.4, 0.5) is 11.4 Å². The third-order valence-corrected chi connectivity index (χ3v) is 23.1. The number of alkyl halides is 2. The van der Waals surface area contributed by atoms with Crippen molar-refractivity contribution in [2.75, 3.05) is 64.2 Å². The van der Waals surface area contributed by atoms with E-state index in [1.54, 1.807) is 114 Å². The van der Waals surface area contributed by atoms with Gasteiger partial charge < -0.3 is 99.7 Å². The van der Waals surface area contributed by atoms with Crippen molar-refractivity contribution in [3.05, 3.63) is 276 Å². The number of carbonyl (C=O) groups excluding carboxylic acids is 3. The number of phenols is 1. The Labute approximate surface area is 863 Å². The molecule has 0 saturated carbocycles. The maximum Gasteiger partial charge on any atom is 0.369 e. The fourth-order valence-electron chi connectivity index (χ4n) is 15.9. The SMILES string of the molecule is BrB(Br)Br.C.C.C.C.C.C1CCOC1.CCO.COc1ccc2[nH]c(C)c(-c3c[nH]c4ccc(Br)cc34)c2c1.COc1ccc2[nH]c(C)c(-c3c[nH]c4ccc(C(=O)O)cc34)c2c1.COc1ccc2[nH]c(C)c(C3(O)C(=O)Nc4ccc(Br)cc43)c2c1.COc1ccc2[nH]c(C)cc2c1.Cc1[nH]c2ccc(O)cc2c1-c1c[nH]c2ccc(C(=O)O)cc12.ClCCl.O=C1Nc2ccc(Br)cc2C1=O.[B]. The number of aryl methyl sites for hydroxylation is 5. The number of halogens is 8. The minimum Gasteiger partial charge on any atom is -0.508 e. The number of phenolic OH excluding ortho intramolecular Hbond substituents is 1. The summed E-state index contributed by atoms with van der Waals surface area (Å²) >= 11 is 29.0. The topological polar surface area (TPSA) is 383 Å². The maximum atomic E-state index is 12.7. The molecule has 0 spiro atoms. The van der Waals surface area contributed by atoms with Crippen LogP contribution in [0.1, 0.15) is 128 Å². The molecule has 3 aliphatic rings. The molecule has 1 fully saturated rings. The van der Waals surface area contributed by atoms with E-state index < -0.39 is 35.1 Å². The first-order chi connectivity index (χ1) is 63.3. The van der Waals surface area contributed by atoms with Gasteiger partial charge >= 0.3 is 15.1 Å². The Hall–Kier alpha value is -11.5. The number of aromatic hydroxyl groups is 1. The van der Waals surface area contributed by atoms with E-state index in [9.17, 15) is 44.4 Å². The number of rotatable bonds is 10. The number of benzene rings is 10. The summed E-state index contributed by atoms with van der Waals surface area (Å²) in [5.41, 5.74) is 20.9. The second-order valence-electron chi connectivity index (χ2n) is 30.1. The largest absolute Gasteiger partial charge is 0.508 e. The molecule has 15 N–H and O–H groups in total. The lowest BCUT2D eigenvalue weighted by molar-refractivity contribution is -0.129.